The second kappa shape index (κ2) is 7.67. The van der Waals surface area contributed by atoms with Crippen LogP contribution in [0.25, 0.3) is 0 Å². The summed E-state index contributed by atoms with van der Waals surface area (Å²) in [6.45, 7) is 8.85. The van der Waals surface area contributed by atoms with Gasteiger partial charge in [-0.15, -0.1) is 0 Å². The van der Waals surface area contributed by atoms with Gasteiger partial charge in [-0.25, -0.2) is 0 Å². The Morgan fingerprint density at radius 1 is 1.16 bits per heavy atom. The van der Waals surface area contributed by atoms with Crippen LogP contribution >= 0.6 is 0 Å². The topological polar surface area (TPSA) is 47.6 Å². The van der Waals surface area contributed by atoms with Crippen molar-refractivity contribution in [2.24, 2.45) is 0 Å². The fraction of sp³-hybridized carbons (Fsp3) is 0.533. The normalized spacial score (nSPS) is 11.8. The monoisotopic (exact) mass is 265 g/mol. The smallest absolute Gasteiger partial charge is 0.220 e. The Morgan fingerprint density at radius 3 is 2.37 bits per heavy atom. The van der Waals surface area contributed by atoms with Gasteiger partial charge in [-0.05, 0) is 38.5 Å². The molecule has 0 aliphatic carbocycles. The van der Waals surface area contributed by atoms with Crippen LogP contribution in [-0.2, 0) is 4.79 Å². The highest BCUT2D eigenvalue weighted by Gasteiger charge is 2.12. The van der Waals surface area contributed by atoms with E-state index in [1.807, 2.05) is 45.9 Å². The van der Waals surface area contributed by atoms with Crippen LogP contribution in [0.2, 0.25) is 0 Å². The highest BCUT2D eigenvalue weighted by atomic mass is 16.5. The third kappa shape index (κ3) is 4.47. The zero-order valence-electron chi connectivity index (χ0n) is 12.2. The first-order chi connectivity index (χ1) is 9.12. The molecular weight excluding hydrogens is 242 g/mol. The second-order valence-corrected chi connectivity index (χ2v) is 4.21. The van der Waals surface area contributed by atoms with Gasteiger partial charge in [0.15, 0.2) is 11.5 Å². The van der Waals surface area contributed by atoms with Gasteiger partial charge in [0.2, 0.25) is 5.91 Å². The summed E-state index contributed by atoms with van der Waals surface area (Å²) in [6, 6.07) is 5.73. The molecule has 0 bridgehead atoms. The maximum absolute atomic E-state index is 11.4. The van der Waals surface area contributed by atoms with Gasteiger partial charge < -0.3 is 14.8 Å². The van der Waals surface area contributed by atoms with Gasteiger partial charge in [0.1, 0.15) is 0 Å². The number of carbonyl (C=O) groups is 1. The van der Waals surface area contributed by atoms with E-state index in [4.69, 9.17) is 9.47 Å². The lowest BCUT2D eigenvalue weighted by molar-refractivity contribution is -0.121. The summed E-state index contributed by atoms with van der Waals surface area (Å²) in [4.78, 5) is 11.4. The van der Waals surface area contributed by atoms with Crippen LogP contribution < -0.4 is 14.8 Å². The molecule has 0 aliphatic heterocycles. The number of benzene rings is 1. The number of hydrogen-bond acceptors (Lipinski definition) is 3. The Morgan fingerprint density at radius 2 is 1.79 bits per heavy atom. The molecule has 106 valence electrons. The van der Waals surface area contributed by atoms with Gasteiger partial charge in [0.05, 0.1) is 19.3 Å². The lowest BCUT2D eigenvalue weighted by Gasteiger charge is -2.17. The first-order valence-corrected chi connectivity index (χ1v) is 6.81. The molecule has 19 heavy (non-hydrogen) atoms. The largest absolute Gasteiger partial charge is 0.490 e. The van der Waals surface area contributed by atoms with Crippen LogP contribution in [0.5, 0.6) is 11.5 Å². The van der Waals surface area contributed by atoms with Crippen LogP contribution in [0.4, 0.5) is 0 Å². The minimum absolute atomic E-state index is 0.0395. The fourth-order valence-corrected chi connectivity index (χ4v) is 1.76. The van der Waals surface area contributed by atoms with Crippen LogP contribution in [0.1, 0.15) is 45.7 Å². The molecule has 0 spiro atoms. The van der Waals surface area contributed by atoms with E-state index in [2.05, 4.69) is 5.32 Å². The van der Waals surface area contributed by atoms with E-state index in [0.717, 1.165) is 17.1 Å². The van der Waals surface area contributed by atoms with Crippen molar-refractivity contribution in [3.05, 3.63) is 23.8 Å². The molecule has 1 unspecified atom stereocenters. The Bertz CT molecular complexity index is 418. The summed E-state index contributed by atoms with van der Waals surface area (Å²) in [5.74, 6) is 1.50. The average molecular weight is 265 g/mol. The molecule has 0 aliphatic rings. The Labute approximate surface area is 115 Å². The molecular formula is C15H23NO3. The van der Waals surface area contributed by atoms with Gasteiger partial charge in [-0.2, -0.15) is 0 Å². The van der Waals surface area contributed by atoms with E-state index in [1.54, 1.807) is 0 Å². The molecule has 0 aromatic heterocycles. The third-order valence-electron chi connectivity index (χ3n) is 2.77. The first kappa shape index (κ1) is 15.3. The van der Waals surface area contributed by atoms with Crippen molar-refractivity contribution in [3.63, 3.8) is 0 Å². The molecule has 1 rings (SSSR count). The van der Waals surface area contributed by atoms with Crippen molar-refractivity contribution in [3.8, 4) is 11.5 Å². The van der Waals surface area contributed by atoms with Crippen LogP contribution in [0, 0.1) is 0 Å². The number of ether oxygens (including phenoxy) is 2. The SMILES string of the molecule is CCOc1ccc(C(C)NC(=O)CC)cc1OCC. The van der Waals surface area contributed by atoms with Crippen molar-refractivity contribution in [2.75, 3.05) is 13.2 Å². The van der Waals surface area contributed by atoms with Crippen molar-refractivity contribution in [1.82, 2.24) is 5.32 Å². The molecule has 1 amide bonds. The van der Waals surface area contributed by atoms with Crippen molar-refractivity contribution in [1.29, 1.82) is 0 Å². The zero-order valence-corrected chi connectivity index (χ0v) is 12.2. The van der Waals surface area contributed by atoms with E-state index in [9.17, 15) is 4.79 Å². The number of nitrogens with one attached hydrogen (secondary N) is 1. The maximum atomic E-state index is 11.4. The molecule has 0 saturated heterocycles. The van der Waals surface area contributed by atoms with Gasteiger partial charge >= 0.3 is 0 Å². The first-order valence-electron chi connectivity index (χ1n) is 6.81. The highest BCUT2D eigenvalue weighted by Crippen LogP contribution is 2.30. The molecule has 0 heterocycles. The zero-order chi connectivity index (χ0) is 14.3. The van der Waals surface area contributed by atoms with Gasteiger partial charge in [0, 0.05) is 6.42 Å². The summed E-state index contributed by atoms with van der Waals surface area (Å²) < 4.78 is 11.1. The number of carbonyl (C=O) groups excluding carboxylic acids is 1. The van der Waals surface area contributed by atoms with Gasteiger partial charge in [0.25, 0.3) is 0 Å². The third-order valence-corrected chi connectivity index (χ3v) is 2.77. The standard InChI is InChI=1S/C15H23NO3/c1-5-15(17)16-11(4)12-8-9-13(18-6-2)14(10-12)19-7-3/h8-11H,5-7H2,1-4H3,(H,16,17). The van der Waals surface area contributed by atoms with Gasteiger partial charge in [-0.3, -0.25) is 4.79 Å². The summed E-state index contributed by atoms with van der Waals surface area (Å²) in [6.07, 6.45) is 0.486. The molecule has 1 atom stereocenters. The quantitative estimate of drug-likeness (QED) is 0.824. The predicted molar refractivity (Wildman–Crippen MR) is 75.6 cm³/mol. The highest BCUT2D eigenvalue weighted by molar-refractivity contribution is 5.76. The summed E-state index contributed by atoms with van der Waals surface area (Å²) in [5.41, 5.74) is 1.01. The fourth-order valence-electron chi connectivity index (χ4n) is 1.76. The summed E-state index contributed by atoms with van der Waals surface area (Å²) in [5, 5.41) is 2.93. The summed E-state index contributed by atoms with van der Waals surface area (Å²) >= 11 is 0. The van der Waals surface area contributed by atoms with E-state index >= 15 is 0 Å². The Balaban J connectivity index is 2.90. The number of amides is 1. The lowest BCUT2D eigenvalue weighted by atomic mass is 10.1. The predicted octanol–water partition coefficient (Wildman–Crippen LogP) is 3.07. The molecule has 1 aromatic carbocycles. The molecule has 4 heteroatoms. The Hall–Kier alpha value is -1.71. The van der Waals surface area contributed by atoms with Crippen LogP contribution in [0.3, 0.4) is 0 Å². The van der Waals surface area contributed by atoms with Crippen molar-refractivity contribution in [2.45, 2.75) is 40.2 Å². The van der Waals surface area contributed by atoms with E-state index < -0.39 is 0 Å². The molecule has 0 radical (unpaired) electrons. The van der Waals surface area contributed by atoms with Crippen LogP contribution in [-0.4, -0.2) is 19.1 Å². The number of rotatable bonds is 7. The van der Waals surface area contributed by atoms with E-state index in [1.165, 1.54) is 0 Å². The molecule has 0 fully saturated rings. The molecule has 0 saturated carbocycles. The molecule has 1 aromatic rings. The number of hydrogen-bond donors (Lipinski definition) is 1. The lowest BCUT2D eigenvalue weighted by Crippen LogP contribution is -2.25. The molecule has 1 N–H and O–H groups in total. The van der Waals surface area contributed by atoms with Gasteiger partial charge in [-0.1, -0.05) is 13.0 Å². The van der Waals surface area contributed by atoms with Crippen LogP contribution in [0.15, 0.2) is 18.2 Å². The molecule has 4 nitrogen and oxygen atoms in total. The second-order valence-electron chi connectivity index (χ2n) is 4.21. The average Bonchev–Trinajstić information content (AvgIpc) is 2.41. The Kier molecular flexibility index (Phi) is 6.19. The van der Waals surface area contributed by atoms with E-state index in [0.29, 0.717) is 19.6 Å². The van der Waals surface area contributed by atoms with Crippen molar-refractivity contribution < 1.29 is 14.3 Å². The maximum Gasteiger partial charge on any atom is 0.220 e. The minimum Gasteiger partial charge on any atom is -0.490 e. The van der Waals surface area contributed by atoms with E-state index in [-0.39, 0.29) is 11.9 Å². The van der Waals surface area contributed by atoms with Crippen molar-refractivity contribution >= 4 is 5.91 Å². The minimum atomic E-state index is -0.0395. The summed E-state index contributed by atoms with van der Waals surface area (Å²) in [7, 11) is 0.